The Bertz CT molecular complexity index is 401. The lowest BCUT2D eigenvalue weighted by Crippen LogP contribution is -2.52. The number of ether oxygens (including phenoxy) is 2. The van der Waals surface area contributed by atoms with E-state index >= 15 is 0 Å². The van der Waals surface area contributed by atoms with Crippen LogP contribution in [-0.4, -0.2) is 49.6 Å². The van der Waals surface area contributed by atoms with Crippen molar-refractivity contribution < 1.29 is 14.3 Å². The number of carbonyl (C=O) groups excluding carboxylic acids is 1. The summed E-state index contributed by atoms with van der Waals surface area (Å²) >= 11 is 0. The molecule has 3 rings (SSSR count). The molecule has 0 aromatic carbocycles. The Morgan fingerprint density at radius 2 is 1.86 bits per heavy atom. The van der Waals surface area contributed by atoms with E-state index in [1.54, 1.807) is 0 Å². The van der Waals surface area contributed by atoms with Crippen molar-refractivity contribution in [3.63, 3.8) is 0 Å². The Hall–Kier alpha value is -0.810. The van der Waals surface area contributed by atoms with Crippen molar-refractivity contribution in [1.82, 2.24) is 10.2 Å². The average Bonchev–Trinajstić information content (AvgIpc) is 3.15. The van der Waals surface area contributed by atoms with Gasteiger partial charge in [-0.3, -0.25) is 0 Å². The third-order valence-corrected chi connectivity index (χ3v) is 5.79. The van der Waals surface area contributed by atoms with Gasteiger partial charge in [0, 0.05) is 25.6 Å². The third kappa shape index (κ3) is 3.40. The van der Waals surface area contributed by atoms with Crippen LogP contribution >= 0.6 is 0 Å². The molecule has 2 saturated heterocycles. The molecule has 0 bridgehead atoms. The van der Waals surface area contributed by atoms with Crippen molar-refractivity contribution in [2.75, 3.05) is 32.8 Å². The topological polar surface area (TPSA) is 50.8 Å². The van der Waals surface area contributed by atoms with Gasteiger partial charge >= 0.3 is 6.03 Å². The van der Waals surface area contributed by atoms with E-state index in [-0.39, 0.29) is 11.9 Å². The number of hydrogen-bond acceptors (Lipinski definition) is 3. The number of likely N-dealkylation sites (tertiary alicyclic amines) is 1. The van der Waals surface area contributed by atoms with Gasteiger partial charge in [-0.15, -0.1) is 0 Å². The minimum atomic E-state index is -0.504. The van der Waals surface area contributed by atoms with E-state index in [9.17, 15) is 4.79 Å². The Balaban J connectivity index is 1.51. The highest BCUT2D eigenvalue weighted by Crippen LogP contribution is 2.37. The zero-order chi connectivity index (χ0) is 15.6. The highest BCUT2D eigenvalue weighted by molar-refractivity contribution is 5.74. The number of nitrogens with zero attached hydrogens (tertiary/aromatic N) is 1. The first-order chi connectivity index (χ1) is 10.5. The third-order valence-electron chi connectivity index (χ3n) is 5.79. The Morgan fingerprint density at radius 1 is 1.18 bits per heavy atom. The van der Waals surface area contributed by atoms with Crippen molar-refractivity contribution >= 4 is 6.03 Å². The predicted molar refractivity (Wildman–Crippen MR) is 84.6 cm³/mol. The van der Waals surface area contributed by atoms with Crippen LogP contribution in [0.15, 0.2) is 0 Å². The molecule has 5 heteroatoms. The van der Waals surface area contributed by atoms with Gasteiger partial charge in [-0.25, -0.2) is 4.79 Å². The van der Waals surface area contributed by atoms with Gasteiger partial charge in [-0.1, -0.05) is 19.8 Å². The van der Waals surface area contributed by atoms with Gasteiger partial charge in [0.15, 0.2) is 5.79 Å². The van der Waals surface area contributed by atoms with Gasteiger partial charge in [0.25, 0.3) is 0 Å². The summed E-state index contributed by atoms with van der Waals surface area (Å²) in [6, 6.07) is 0.0828. The summed E-state index contributed by atoms with van der Waals surface area (Å²) in [5.41, 5.74) is 0.300. The first kappa shape index (κ1) is 16.1. The molecule has 22 heavy (non-hydrogen) atoms. The smallest absolute Gasteiger partial charge is 0.317 e. The number of hydrogen-bond donors (Lipinski definition) is 1. The second kappa shape index (κ2) is 6.36. The van der Waals surface area contributed by atoms with Crippen molar-refractivity contribution in [2.45, 2.75) is 58.2 Å². The molecule has 3 aliphatic rings. The molecule has 1 atom stereocenters. The summed E-state index contributed by atoms with van der Waals surface area (Å²) in [4.78, 5) is 14.4. The van der Waals surface area contributed by atoms with Gasteiger partial charge < -0.3 is 19.7 Å². The van der Waals surface area contributed by atoms with Gasteiger partial charge in [0.05, 0.1) is 13.2 Å². The molecule has 5 nitrogen and oxygen atoms in total. The first-order valence-corrected chi connectivity index (χ1v) is 8.82. The van der Waals surface area contributed by atoms with Crippen LogP contribution < -0.4 is 5.32 Å². The molecule has 2 heterocycles. The largest absolute Gasteiger partial charge is 0.347 e. The maximum absolute atomic E-state index is 12.5. The molecule has 3 fully saturated rings. The lowest BCUT2D eigenvalue weighted by atomic mass is 9.89. The van der Waals surface area contributed by atoms with E-state index < -0.39 is 5.79 Å². The molecule has 0 spiro atoms. The van der Waals surface area contributed by atoms with E-state index in [2.05, 4.69) is 12.2 Å². The molecule has 1 aliphatic carbocycles. The number of urea groups is 1. The molecule has 0 radical (unpaired) electrons. The summed E-state index contributed by atoms with van der Waals surface area (Å²) in [5, 5.41) is 3.16. The van der Waals surface area contributed by atoms with Crippen LogP contribution in [-0.2, 0) is 9.47 Å². The molecule has 0 aromatic rings. The SMILES string of the molecule is CC1(CNC(=O)N2CCC[C@@H](C3(C)OCCO3)C2)CCCC1. The zero-order valence-corrected chi connectivity index (χ0v) is 14.0. The predicted octanol–water partition coefficient (Wildman–Crippen LogP) is 2.75. The first-order valence-electron chi connectivity index (χ1n) is 8.82. The summed E-state index contributed by atoms with van der Waals surface area (Å²) in [7, 11) is 0. The Morgan fingerprint density at radius 3 is 2.55 bits per heavy atom. The quantitative estimate of drug-likeness (QED) is 0.872. The van der Waals surface area contributed by atoms with Gasteiger partial charge in [0.1, 0.15) is 0 Å². The van der Waals surface area contributed by atoms with Crippen LogP contribution in [0.4, 0.5) is 4.79 Å². The average molecular weight is 310 g/mol. The maximum Gasteiger partial charge on any atom is 0.317 e. The van der Waals surface area contributed by atoms with Crippen LogP contribution in [0, 0.1) is 11.3 Å². The summed E-state index contributed by atoms with van der Waals surface area (Å²) < 4.78 is 11.6. The molecule has 126 valence electrons. The fourth-order valence-corrected chi connectivity index (χ4v) is 4.16. The molecule has 2 amide bonds. The highest BCUT2D eigenvalue weighted by atomic mass is 16.7. The van der Waals surface area contributed by atoms with E-state index in [0.29, 0.717) is 18.6 Å². The van der Waals surface area contributed by atoms with E-state index in [0.717, 1.165) is 32.5 Å². The monoisotopic (exact) mass is 310 g/mol. The van der Waals surface area contributed by atoms with Crippen LogP contribution in [0.2, 0.25) is 0 Å². The van der Waals surface area contributed by atoms with E-state index in [4.69, 9.17) is 9.47 Å². The van der Waals surface area contributed by atoms with Gasteiger partial charge in [-0.05, 0) is 38.0 Å². The zero-order valence-electron chi connectivity index (χ0n) is 14.0. The number of piperidine rings is 1. The second-order valence-corrected chi connectivity index (χ2v) is 7.67. The van der Waals surface area contributed by atoms with Gasteiger partial charge in [-0.2, -0.15) is 0 Å². The molecule has 1 N–H and O–H groups in total. The van der Waals surface area contributed by atoms with Crippen molar-refractivity contribution in [3.05, 3.63) is 0 Å². The standard InChI is InChI=1S/C17H30N2O3/c1-16(7-3-4-8-16)13-18-15(20)19-9-5-6-14(12-19)17(2)21-10-11-22-17/h14H,3-13H2,1-2H3,(H,18,20)/t14-/m1/s1. The fraction of sp³-hybridized carbons (Fsp3) is 0.941. The van der Waals surface area contributed by atoms with Crippen LogP contribution in [0.1, 0.15) is 52.4 Å². The molecular weight excluding hydrogens is 280 g/mol. The summed E-state index contributed by atoms with van der Waals surface area (Å²) in [6.07, 6.45) is 7.15. The molecule has 2 aliphatic heterocycles. The Kier molecular flexibility index (Phi) is 4.64. The summed E-state index contributed by atoms with van der Waals surface area (Å²) in [6.45, 7) is 8.02. The molecule has 0 unspecified atom stereocenters. The number of carbonyl (C=O) groups is 1. The molecule has 1 saturated carbocycles. The second-order valence-electron chi connectivity index (χ2n) is 7.67. The van der Waals surface area contributed by atoms with E-state index in [1.165, 1.54) is 25.7 Å². The van der Waals surface area contributed by atoms with Crippen molar-refractivity contribution in [1.29, 1.82) is 0 Å². The number of rotatable bonds is 3. The molecule has 0 aromatic heterocycles. The highest BCUT2D eigenvalue weighted by Gasteiger charge is 2.42. The van der Waals surface area contributed by atoms with Crippen LogP contribution in [0.25, 0.3) is 0 Å². The number of amides is 2. The Labute approximate surface area is 133 Å². The minimum absolute atomic E-state index is 0.0828. The van der Waals surface area contributed by atoms with Crippen molar-refractivity contribution in [2.24, 2.45) is 11.3 Å². The summed E-state index contributed by atoms with van der Waals surface area (Å²) in [5.74, 6) is -0.229. The lowest BCUT2D eigenvalue weighted by molar-refractivity contribution is -0.189. The van der Waals surface area contributed by atoms with Crippen LogP contribution in [0.5, 0.6) is 0 Å². The minimum Gasteiger partial charge on any atom is -0.347 e. The maximum atomic E-state index is 12.5. The van der Waals surface area contributed by atoms with Gasteiger partial charge in [0.2, 0.25) is 0 Å². The van der Waals surface area contributed by atoms with E-state index in [1.807, 2.05) is 11.8 Å². The van der Waals surface area contributed by atoms with Crippen molar-refractivity contribution in [3.8, 4) is 0 Å². The normalized spacial score (nSPS) is 30.5. The molecular formula is C17H30N2O3. The van der Waals surface area contributed by atoms with Crippen LogP contribution in [0.3, 0.4) is 0 Å². The fourth-order valence-electron chi connectivity index (χ4n) is 4.16. The number of nitrogens with one attached hydrogen (secondary N) is 1. The lowest BCUT2D eigenvalue weighted by Gasteiger charge is -2.40.